The highest BCUT2D eigenvalue weighted by Crippen LogP contribution is 2.38. The van der Waals surface area contributed by atoms with Gasteiger partial charge < -0.3 is 10.4 Å². The molecule has 0 saturated carbocycles. The smallest absolute Gasteiger partial charge is 0.337 e. The number of aromatic carboxylic acids is 1. The lowest BCUT2D eigenvalue weighted by atomic mass is 10.0. The summed E-state index contributed by atoms with van der Waals surface area (Å²) in [5.41, 5.74) is 5.04. The molecule has 0 aliphatic heterocycles. The number of anilines is 1. The van der Waals surface area contributed by atoms with Crippen LogP contribution in [0.1, 0.15) is 31.8 Å². The Labute approximate surface area is 155 Å². The van der Waals surface area contributed by atoms with Gasteiger partial charge in [0, 0.05) is 10.6 Å². The van der Waals surface area contributed by atoms with Gasteiger partial charge in [-0.2, -0.15) is 0 Å². The lowest BCUT2D eigenvalue weighted by Gasteiger charge is -2.12. The Balaban J connectivity index is 1.71. The maximum atomic E-state index is 12.8. The van der Waals surface area contributed by atoms with Crippen LogP contribution >= 0.6 is 11.6 Å². The monoisotopic (exact) mass is 363 g/mol. The maximum absolute atomic E-state index is 12.8. The fraction of sp³-hybridized carbons (Fsp3) is 0.0476. The van der Waals surface area contributed by atoms with Gasteiger partial charge in [-0.25, -0.2) is 4.79 Å². The number of carboxylic acid groups (broad SMARTS) is 1. The van der Waals surface area contributed by atoms with E-state index < -0.39 is 5.97 Å². The van der Waals surface area contributed by atoms with E-state index in [4.69, 9.17) is 11.6 Å². The highest BCUT2D eigenvalue weighted by molar-refractivity contribution is 6.31. The largest absolute Gasteiger partial charge is 0.478 e. The zero-order valence-corrected chi connectivity index (χ0v) is 14.4. The van der Waals surface area contributed by atoms with Gasteiger partial charge in [0.05, 0.1) is 11.3 Å². The number of amides is 1. The number of carbonyl (C=O) groups is 2. The quantitative estimate of drug-likeness (QED) is 0.546. The summed E-state index contributed by atoms with van der Waals surface area (Å²) < 4.78 is 0. The molecule has 1 amide bonds. The van der Waals surface area contributed by atoms with Crippen molar-refractivity contribution in [2.75, 3.05) is 5.32 Å². The molecule has 0 bridgehead atoms. The zero-order valence-electron chi connectivity index (χ0n) is 13.6. The predicted octanol–water partition coefficient (Wildman–Crippen LogP) is 4.86. The molecular weight excluding hydrogens is 350 g/mol. The van der Waals surface area contributed by atoms with Crippen molar-refractivity contribution in [3.63, 3.8) is 0 Å². The zero-order chi connectivity index (χ0) is 18.3. The minimum Gasteiger partial charge on any atom is -0.478 e. The van der Waals surface area contributed by atoms with E-state index in [2.05, 4.69) is 11.4 Å². The second kappa shape index (κ2) is 6.32. The summed E-state index contributed by atoms with van der Waals surface area (Å²) in [6, 6.07) is 18.0. The van der Waals surface area contributed by atoms with Crippen LogP contribution in [0.15, 0.2) is 60.7 Å². The summed E-state index contributed by atoms with van der Waals surface area (Å²) in [6.07, 6.45) is 0.682. The number of carboxylic acids is 1. The van der Waals surface area contributed by atoms with Crippen LogP contribution in [0, 0.1) is 0 Å². The fourth-order valence-electron chi connectivity index (χ4n) is 3.36. The van der Waals surface area contributed by atoms with Gasteiger partial charge in [0.2, 0.25) is 0 Å². The topological polar surface area (TPSA) is 66.4 Å². The normalized spacial score (nSPS) is 11.6. The second-order valence-electron chi connectivity index (χ2n) is 6.11. The number of hydrogen-bond acceptors (Lipinski definition) is 2. The van der Waals surface area contributed by atoms with Crippen molar-refractivity contribution in [1.82, 2.24) is 0 Å². The highest BCUT2D eigenvalue weighted by Gasteiger charge is 2.24. The third-order valence-electron chi connectivity index (χ3n) is 4.56. The lowest BCUT2D eigenvalue weighted by molar-refractivity contribution is 0.0698. The van der Waals surface area contributed by atoms with Gasteiger partial charge in [0.25, 0.3) is 5.91 Å². The standard InChI is InChI=1S/C21H14ClNO3/c22-13-8-9-19(18(11-13)21(25)26)23-20(24)16-7-3-6-15-14-5-2-1-4-12(14)10-17(15)16/h1-9,11H,10H2,(H,23,24)(H,25,26). The minimum atomic E-state index is -1.14. The van der Waals surface area contributed by atoms with Crippen LogP contribution in [0.3, 0.4) is 0 Å². The summed E-state index contributed by atoms with van der Waals surface area (Å²) in [5, 5.41) is 12.4. The molecule has 4 rings (SSSR count). The van der Waals surface area contributed by atoms with E-state index in [0.717, 1.165) is 16.7 Å². The van der Waals surface area contributed by atoms with E-state index in [1.54, 1.807) is 12.1 Å². The first-order valence-corrected chi connectivity index (χ1v) is 8.47. The van der Waals surface area contributed by atoms with Crippen LogP contribution in [-0.2, 0) is 6.42 Å². The van der Waals surface area contributed by atoms with Crippen molar-refractivity contribution in [3.05, 3.63) is 87.9 Å². The maximum Gasteiger partial charge on any atom is 0.337 e. The Kier molecular flexibility index (Phi) is 3.98. The van der Waals surface area contributed by atoms with Crippen molar-refractivity contribution in [2.24, 2.45) is 0 Å². The van der Waals surface area contributed by atoms with Crippen molar-refractivity contribution in [2.45, 2.75) is 6.42 Å². The summed E-state index contributed by atoms with van der Waals surface area (Å²) in [5.74, 6) is -1.48. The van der Waals surface area contributed by atoms with E-state index in [1.165, 1.54) is 17.7 Å². The van der Waals surface area contributed by atoms with Crippen LogP contribution in [0.4, 0.5) is 5.69 Å². The van der Waals surface area contributed by atoms with E-state index >= 15 is 0 Å². The average Bonchev–Trinajstić information content (AvgIpc) is 3.01. The molecule has 26 heavy (non-hydrogen) atoms. The van der Waals surface area contributed by atoms with Gasteiger partial charge in [0.1, 0.15) is 0 Å². The molecule has 0 aromatic heterocycles. The van der Waals surface area contributed by atoms with Gasteiger partial charge in [-0.05, 0) is 52.9 Å². The third kappa shape index (κ3) is 2.74. The van der Waals surface area contributed by atoms with Gasteiger partial charge in [0.15, 0.2) is 0 Å². The summed E-state index contributed by atoms with van der Waals surface area (Å²) in [4.78, 5) is 24.3. The molecule has 2 N–H and O–H groups in total. The molecule has 0 saturated heterocycles. The Bertz CT molecular complexity index is 1060. The van der Waals surface area contributed by atoms with Gasteiger partial charge in [-0.15, -0.1) is 0 Å². The highest BCUT2D eigenvalue weighted by atomic mass is 35.5. The first-order valence-electron chi connectivity index (χ1n) is 8.09. The van der Waals surface area contributed by atoms with Crippen LogP contribution in [0.2, 0.25) is 5.02 Å². The molecule has 4 nitrogen and oxygen atoms in total. The number of hydrogen-bond donors (Lipinski definition) is 2. The summed E-state index contributed by atoms with van der Waals surface area (Å²) in [7, 11) is 0. The molecule has 0 fully saturated rings. The molecule has 128 valence electrons. The Hall–Kier alpha value is -3.11. The van der Waals surface area contributed by atoms with E-state index in [9.17, 15) is 14.7 Å². The second-order valence-corrected chi connectivity index (χ2v) is 6.55. The van der Waals surface area contributed by atoms with E-state index in [-0.39, 0.29) is 17.2 Å². The minimum absolute atomic E-state index is 0.0401. The van der Waals surface area contributed by atoms with Crippen LogP contribution in [0.5, 0.6) is 0 Å². The lowest BCUT2D eigenvalue weighted by Crippen LogP contribution is -2.16. The third-order valence-corrected chi connectivity index (χ3v) is 4.79. The van der Waals surface area contributed by atoms with Crippen molar-refractivity contribution >= 4 is 29.2 Å². The number of halogens is 1. The molecule has 0 radical (unpaired) electrons. The van der Waals surface area contributed by atoms with Gasteiger partial charge >= 0.3 is 5.97 Å². The molecule has 0 atom stereocenters. The molecule has 1 aliphatic carbocycles. The number of rotatable bonds is 3. The number of carbonyl (C=O) groups excluding carboxylic acids is 1. The molecule has 3 aromatic carbocycles. The van der Waals surface area contributed by atoms with Gasteiger partial charge in [-0.1, -0.05) is 48.0 Å². The Morgan fingerprint density at radius 3 is 2.50 bits per heavy atom. The fourth-order valence-corrected chi connectivity index (χ4v) is 3.53. The van der Waals surface area contributed by atoms with Crippen LogP contribution in [-0.4, -0.2) is 17.0 Å². The van der Waals surface area contributed by atoms with E-state index in [0.29, 0.717) is 17.0 Å². The number of nitrogens with one attached hydrogen (secondary N) is 1. The first-order chi connectivity index (χ1) is 12.5. The SMILES string of the molecule is O=C(O)c1cc(Cl)ccc1NC(=O)c1cccc2c1Cc1ccccc1-2. The van der Waals surface area contributed by atoms with Gasteiger partial charge in [-0.3, -0.25) is 4.79 Å². The molecule has 0 spiro atoms. The van der Waals surface area contributed by atoms with Crippen molar-refractivity contribution < 1.29 is 14.7 Å². The van der Waals surface area contributed by atoms with Crippen molar-refractivity contribution in [3.8, 4) is 11.1 Å². The average molecular weight is 364 g/mol. The van der Waals surface area contributed by atoms with Crippen LogP contribution in [0.25, 0.3) is 11.1 Å². The molecule has 1 aliphatic rings. The molecule has 3 aromatic rings. The predicted molar refractivity (Wildman–Crippen MR) is 101 cm³/mol. The molecule has 5 heteroatoms. The van der Waals surface area contributed by atoms with Crippen molar-refractivity contribution in [1.29, 1.82) is 0 Å². The number of fused-ring (bicyclic) bond motifs is 3. The molecule has 0 unspecified atom stereocenters. The first kappa shape index (κ1) is 16.4. The molecule has 0 heterocycles. The van der Waals surface area contributed by atoms with Crippen LogP contribution < -0.4 is 5.32 Å². The van der Waals surface area contributed by atoms with E-state index in [1.807, 2.05) is 30.3 Å². The summed E-state index contributed by atoms with van der Waals surface area (Å²) in [6.45, 7) is 0. The Morgan fingerprint density at radius 2 is 1.69 bits per heavy atom. The number of benzene rings is 3. The summed E-state index contributed by atoms with van der Waals surface area (Å²) >= 11 is 5.87. The Morgan fingerprint density at radius 1 is 0.923 bits per heavy atom. The molecular formula is C21H14ClNO3.